The van der Waals surface area contributed by atoms with Gasteiger partial charge in [0.25, 0.3) is 0 Å². The van der Waals surface area contributed by atoms with Crippen LogP contribution in [0.15, 0.2) is 22.6 Å². The molecule has 4 rings (SSSR count). The van der Waals surface area contributed by atoms with Gasteiger partial charge in [0.15, 0.2) is 11.4 Å². The van der Waals surface area contributed by atoms with Crippen molar-refractivity contribution in [1.29, 1.82) is 0 Å². The lowest BCUT2D eigenvalue weighted by atomic mass is 10.0. The molecule has 3 aromatic rings. The highest BCUT2D eigenvalue weighted by Crippen LogP contribution is 2.23. The third-order valence-electron chi connectivity index (χ3n) is 3.80. The molecule has 1 saturated heterocycles. The molecular formula is C15H16N6O2. The van der Waals surface area contributed by atoms with E-state index in [2.05, 4.69) is 25.7 Å². The number of amides is 1. The predicted molar refractivity (Wildman–Crippen MR) is 82.9 cm³/mol. The zero-order valence-corrected chi connectivity index (χ0v) is 12.8. The zero-order chi connectivity index (χ0) is 16.0. The summed E-state index contributed by atoms with van der Waals surface area (Å²) in [6.45, 7) is 5.07. The van der Waals surface area contributed by atoms with E-state index in [0.717, 1.165) is 5.76 Å². The van der Waals surface area contributed by atoms with Gasteiger partial charge in [-0.05, 0) is 26.0 Å². The Bertz CT molecular complexity index is 893. The highest BCUT2D eigenvalue weighted by molar-refractivity contribution is 5.93. The Kier molecular flexibility index (Phi) is 3.12. The molecule has 0 saturated carbocycles. The number of carbonyl (C=O) groups is 1. The van der Waals surface area contributed by atoms with Crippen LogP contribution in [0.1, 0.15) is 11.6 Å². The van der Waals surface area contributed by atoms with Crippen LogP contribution in [0.25, 0.3) is 17.2 Å². The van der Waals surface area contributed by atoms with Crippen LogP contribution >= 0.6 is 0 Å². The third kappa shape index (κ3) is 2.46. The van der Waals surface area contributed by atoms with E-state index in [0.29, 0.717) is 42.0 Å². The summed E-state index contributed by atoms with van der Waals surface area (Å²) in [5.41, 5.74) is 0.614. The Balaban J connectivity index is 1.78. The van der Waals surface area contributed by atoms with E-state index in [4.69, 9.17) is 4.42 Å². The smallest absolute Gasteiger partial charge is 0.231 e. The molecule has 1 fully saturated rings. The number of nitrogens with one attached hydrogen (secondary N) is 2. The molecule has 0 spiro atoms. The minimum Gasteiger partial charge on any atom is -0.458 e. The van der Waals surface area contributed by atoms with Gasteiger partial charge in [0.05, 0.1) is 5.92 Å². The van der Waals surface area contributed by atoms with Crippen molar-refractivity contribution in [3.8, 4) is 11.6 Å². The van der Waals surface area contributed by atoms with Gasteiger partial charge in [0.1, 0.15) is 17.4 Å². The Labute approximate surface area is 131 Å². The number of aryl methyl sites for hydroxylation is 2. The Morgan fingerprint density at radius 2 is 2.17 bits per heavy atom. The fraction of sp³-hybridized carbons (Fsp3) is 0.333. The van der Waals surface area contributed by atoms with Gasteiger partial charge >= 0.3 is 0 Å². The van der Waals surface area contributed by atoms with Gasteiger partial charge in [0.2, 0.25) is 11.7 Å². The average Bonchev–Trinajstić information content (AvgIpc) is 3.00. The van der Waals surface area contributed by atoms with E-state index < -0.39 is 0 Å². The molecule has 0 atom stereocenters. The Morgan fingerprint density at radius 1 is 1.35 bits per heavy atom. The zero-order valence-electron chi connectivity index (χ0n) is 12.8. The minimum atomic E-state index is -0.0431. The molecule has 23 heavy (non-hydrogen) atoms. The number of hydrogen-bond donors (Lipinski definition) is 2. The fourth-order valence-corrected chi connectivity index (χ4v) is 2.48. The standard InChI is InChI=1S/C15H16N6O2/c1-8-3-4-11(23-8)14-18-12(19-15(22)10-6-16-7-10)5-13-17-9(2)20-21(13)14/h3-5,10,16H,6-7H2,1-2H3,(H,19,22). The molecular weight excluding hydrogens is 296 g/mol. The first-order valence-electron chi connectivity index (χ1n) is 7.43. The summed E-state index contributed by atoms with van der Waals surface area (Å²) in [5.74, 6) is 2.90. The fourth-order valence-electron chi connectivity index (χ4n) is 2.48. The average molecular weight is 312 g/mol. The first-order valence-corrected chi connectivity index (χ1v) is 7.43. The largest absolute Gasteiger partial charge is 0.458 e. The second-order valence-corrected chi connectivity index (χ2v) is 5.65. The molecule has 1 amide bonds. The summed E-state index contributed by atoms with van der Waals surface area (Å²) in [6, 6.07) is 5.40. The van der Waals surface area contributed by atoms with Crippen molar-refractivity contribution in [2.75, 3.05) is 18.4 Å². The molecule has 8 nitrogen and oxygen atoms in total. The van der Waals surface area contributed by atoms with Crippen LogP contribution in [0.3, 0.4) is 0 Å². The van der Waals surface area contributed by atoms with Crippen molar-refractivity contribution in [1.82, 2.24) is 24.9 Å². The Hall–Kier alpha value is -2.74. The van der Waals surface area contributed by atoms with Crippen LogP contribution in [0.2, 0.25) is 0 Å². The molecule has 118 valence electrons. The van der Waals surface area contributed by atoms with Gasteiger partial charge in [-0.15, -0.1) is 5.10 Å². The maximum absolute atomic E-state index is 12.1. The van der Waals surface area contributed by atoms with Crippen LogP contribution < -0.4 is 10.6 Å². The van der Waals surface area contributed by atoms with Crippen molar-refractivity contribution in [3.63, 3.8) is 0 Å². The molecule has 0 aromatic carbocycles. The summed E-state index contributed by atoms with van der Waals surface area (Å²) < 4.78 is 7.27. The van der Waals surface area contributed by atoms with E-state index in [-0.39, 0.29) is 11.8 Å². The molecule has 2 N–H and O–H groups in total. The normalized spacial score (nSPS) is 14.9. The first kappa shape index (κ1) is 13.9. The van der Waals surface area contributed by atoms with E-state index in [1.807, 2.05) is 26.0 Å². The summed E-state index contributed by atoms with van der Waals surface area (Å²) in [6.07, 6.45) is 0. The van der Waals surface area contributed by atoms with Gasteiger partial charge in [-0.3, -0.25) is 4.79 Å². The molecule has 4 heterocycles. The SMILES string of the molecule is Cc1nc2cc(NC(=O)C3CNC3)nc(-c3ccc(C)o3)n2n1. The van der Waals surface area contributed by atoms with Crippen molar-refractivity contribution in [2.24, 2.45) is 5.92 Å². The highest BCUT2D eigenvalue weighted by atomic mass is 16.3. The van der Waals surface area contributed by atoms with Crippen LogP contribution in [0.5, 0.6) is 0 Å². The molecule has 0 aliphatic carbocycles. The van der Waals surface area contributed by atoms with E-state index in [1.54, 1.807) is 10.6 Å². The van der Waals surface area contributed by atoms with Gasteiger partial charge < -0.3 is 15.1 Å². The van der Waals surface area contributed by atoms with E-state index in [1.165, 1.54) is 0 Å². The highest BCUT2D eigenvalue weighted by Gasteiger charge is 2.25. The van der Waals surface area contributed by atoms with Crippen molar-refractivity contribution >= 4 is 17.4 Å². The molecule has 0 bridgehead atoms. The van der Waals surface area contributed by atoms with Gasteiger partial charge in [-0.25, -0.2) is 9.97 Å². The molecule has 0 unspecified atom stereocenters. The molecule has 0 radical (unpaired) electrons. The lowest BCUT2D eigenvalue weighted by molar-refractivity contribution is -0.121. The summed E-state index contributed by atoms with van der Waals surface area (Å²) in [4.78, 5) is 21.0. The van der Waals surface area contributed by atoms with Crippen molar-refractivity contribution in [2.45, 2.75) is 13.8 Å². The maximum Gasteiger partial charge on any atom is 0.231 e. The van der Waals surface area contributed by atoms with Gasteiger partial charge in [-0.2, -0.15) is 4.52 Å². The number of nitrogens with zero attached hydrogens (tertiary/aromatic N) is 4. The number of furan rings is 1. The molecule has 1 aliphatic heterocycles. The quantitative estimate of drug-likeness (QED) is 0.753. The van der Waals surface area contributed by atoms with Crippen LogP contribution in [-0.2, 0) is 4.79 Å². The monoisotopic (exact) mass is 312 g/mol. The van der Waals surface area contributed by atoms with Gasteiger partial charge in [0, 0.05) is 19.2 Å². The second kappa shape index (κ2) is 5.17. The number of hydrogen-bond acceptors (Lipinski definition) is 6. The van der Waals surface area contributed by atoms with Crippen LogP contribution in [0, 0.1) is 19.8 Å². The van der Waals surface area contributed by atoms with Crippen LogP contribution in [-0.4, -0.2) is 38.6 Å². The molecule has 3 aromatic heterocycles. The predicted octanol–water partition coefficient (Wildman–Crippen LogP) is 1.16. The number of aromatic nitrogens is 4. The second-order valence-electron chi connectivity index (χ2n) is 5.65. The maximum atomic E-state index is 12.1. The van der Waals surface area contributed by atoms with Gasteiger partial charge in [-0.1, -0.05) is 0 Å². The topological polar surface area (TPSA) is 97.3 Å². The first-order chi connectivity index (χ1) is 11.1. The minimum absolute atomic E-state index is 0.0121. The Morgan fingerprint density at radius 3 is 2.83 bits per heavy atom. The van der Waals surface area contributed by atoms with Crippen molar-refractivity contribution < 1.29 is 9.21 Å². The third-order valence-corrected chi connectivity index (χ3v) is 3.80. The van der Waals surface area contributed by atoms with E-state index >= 15 is 0 Å². The number of fused-ring (bicyclic) bond motifs is 1. The van der Waals surface area contributed by atoms with E-state index in [9.17, 15) is 4.79 Å². The number of anilines is 1. The van der Waals surface area contributed by atoms with Crippen molar-refractivity contribution in [3.05, 3.63) is 29.8 Å². The molecule has 8 heteroatoms. The lowest BCUT2D eigenvalue weighted by Gasteiger charge is -2.25. The summed E-state index contributed by atoms with van der Waals surface area (Å²) >= 11 is 0. The number of rotatable bonds is 3. The number of carbonyl (C=O) groups excluding carboxylic acids is 1. The summed E-state index contributed by atoms with van der Waals surface area (Å²) in [7, 11) is 0. The molecule has 1 aliphatic rings. The lowest BCUT2D eigenvalue weighted by Crippen LogP contribution is -2.48. The van der Waals surface area contributed by atoms with Crippen LogP contribution in [0.4, 0.5) is 5.82 Å². The summed E-state index contributed by atoms with van der Waals surface area (Å²) in [5, 5.41) is 10.3.